The number of hydrogen-bond acceptors (Lipinski definition) is 2. The van der Waals surface area contributed by atoms with Crippen molar-refractivity contribution in [2.45, 2.75) is 96.9 Å². The number of amides is 4. The van der Waals surface area contributed by atoms with E-state index >= 15 is 0 Å². The van der Waals surface area contributed by atoms with Crippen molar-refractivity contribution >= 4 is 49.3 Å². The quantitative estimate of drug-likeness (QED) is 0.235. The summed E-state index contributed by atoms with van der Waals surface area (Å²) >= 11 is 5.30. The van der Waals surface area contributed by atoms with E-state index in [1.54, 1.807) is 0 Å². The Morgan fingerprint density at radius 3 is 0.585 bits per heavy atom. The number of hydrogen-bond donors (Lipinski definition) is 4. The summed E-state index contributed by atoms with van der Waals surface area (Å²) < 4.78 is 0. The van der Waals surface area contributed by atoms with Gasteiger partial charge in [0.15, 0.2) is 0 Å². The van der Waals surface area contributed by atoms with Gasteiger partial charge in [-0.05, 0) is 27.7 Å². The molecule has 2 aromatic carbocycles. The molecule has 2 aromatic rings. The molecule has 0 fully saturated rings. The summed E-state index contributed by atoms with van der Waals surface area (Å²) in [6.45, 7) is 30.3. The summed E-state index contributed by atoms with van der Waals surface area (Å²) in [4.78, 5) is 20.8. The smallest absolute Gasteiger partial charge is 0.0623 e. The maximum atomic E-state index is 10.4. The van der Waals surface area contributed by atoms with Gasteiger partial charge in [-0.1, -0.05) is 142 Å². The van der Waals surface area contributed by atoms with Crippen LogP contribution < -0.4 is 34.5 Å². The van der Waals surface area contributed by atoms with Gasteiger partial charge in [-0.3, -0.25) is 0 Å². The number of nitrogens with one attached hydrogen (secondary N) is 4. The molecule has 0 aliphatic carbocycles. The van der Waals surface area contributed by atoms with Crippen LogP contribution >= 0.6 is 37.2 Å². The van der Waals surface area contributed by atoms with Crippen LogP contribution in [0.1, 0.15) is 96.9 Å². The van der Waals surface area contributed by atoms with E-state index in [-0.39, 0.29) is 12.1 Å². The van der Waals surface area contributed by atoms with Crippen LogP contribution in [0.25, 0.3) is 0 Å². The van der Waals surface area contributed by atoms with Gasteiger partial charge in [-0.25, -0.2) is 9.59 Å². The molecule has 0 aliphatic heterocycles. The summed E-state index contributed by atoms with van der Waals surface area (Å²) in [7, 11) is 0. The molecule has 0 spiro atoms. The number of carbonyl (C=O) groups is 2. The second kappa shape index (κ2) is 83.3. The van der Waals surface area contributed by atoms with Crippen LogP contribution in [0.5, 0.6) is 0 Å². The van der Waals surface area contributed by atoms with E-state index in [1.807, 2.05) is 170 Å². The summed E-state index contributed by atoms with van der Waals surface area (Å²) in [5, 5.41) is 10.4. The largest absolute Gasteiger partial charge is 0.0623 e. The number of urea groups is 2. The van der Waals surface area contributed by atoms with E-state index in [4.69, 9.17) is 0 Å². The van der Waals surface area contributed by atoms with Gasteiger partial charge in [0.25, 0.3) is 0 Å². The zero-order valence-corrected chi connectivity index (χ0v) is 35.2. The second-order valence-corrected chi connectivity index (χ2v) is 21.4. The molecule has 0 saturated carbocycles. The average Bonchev–Trinajstić information content (AvgIpc) is 3.06. The second-order valence-electron chi connectivity index (χ2n) is 5.14. The average molecular weight is 920 g/mol. The monoisotopic (exact) mass is 919 g/mol. The molecule has 248 valence electrons. The van der Waals surface area contributed by atoms with Crippen molar-refractivity contribution in [3.8, 4) is 0 Å². The Morgan fingerprint density at radius 2 is 0.512 bits per heavy atom. The molecule has 4 N–H and O–H groups in total. The first kappa shape index (κ1) is 59.6. The minimum atomic E-state index is -0.0880. The van der Waals surface area contributed by atoms with E-state index in [0.29, 0.717) is 39.4 Å². The Morgan fingerprint density at radius 1 is 0.415 bits per heavy atom. The minimum Gasteiger partial charge on any atom is -0.0623 e. The first-order valence-corrected chi connectivity index (χ1v) is 27.5. The van der Waals surface area contributed by atoms with Crippen molar-refractivity contribution in [2.75, 3.05) is 26.2 Å². The molecule has 0 bridgehead atoms. The van der Waals surface area contributed by atoms with Crippen LogP contribution in [0.4, 0.5) is 9.59 Å². The fourth-order valence-corrected chi connectivity index (χ4v) is 1.54. The predicted octanol–water partition coefficient (Wildman–Crippen LogP) is 7.93. The summed E-state index contributed by atoms with van der Waals surface area (Å²) in [5.41, 5.74) is 0. The number of benzene rings is 2. The van der Waals surface area contributed by atoms with Gasteiger partial charge < -0.3 is 21.3 Å². The van der Waals surface area contributed by atoms with Gasteiger partial charge in [0.05, 0.1) is 0 Å². The zero-order chi connectivity index (χ0) is 34.0. The molecule has 0 atom stereocenters. The third kappa shape index (κ3) is 101. The van der Waals surface area contributed by atoms with Crippen LogP contribution in [0.2, 0.25) is 0 Å². The van der Waals surface area contributed by atoms with E-state index in [0.717, 1.165) is 0 Å². The van der Waals surface area contributed by atoms with Crippen LogP contribution in [-0.2, 0) is 0 Å². The Kier molecular flexibility index (Phi) is 121. The van der Waals surface area contributed by atoms with Crippen LogP contribution in [0.15, 0.2) is 72.8 Å². The molecule has 0 unspecified atom stereocenters. The van der Waals surface area contributed by atoms with Crippen molar-refractivity contribution < 1.29 is 22.8 Å². The maximum absolute atomic E-state index is 10.4. The Bertz CT molecular complexity index is 463. The summed E-state index contributed by atoms with van der Waals surface area (Å²) in [6, 6.07) is 23.8. The molecule has 6 nitrogen and oxygen atoms in total. The number of carbonyl (C=O) groups excluding carboxylic acids is 2. The standard InChI is InChI=1S/2C6H6.2C5H12N2O.5C2H6.I3/c2*1-2-4-6-5-3-1;2*1-3-6-5(8)7-4-2;5*1-2;1-3-2/h2*1-6H;2*3-4H2,1-2H3,(H2,6,7,8);5*1-2H3;/q;;;;;;;;;-1. The molecule has 0 aliphatic rings. The van der Waals surface area contributed by atoms with E-state index in [2.05, 4.69) is 58.5 Å². The molecule has 0 saturated heterocycles. The zero-order valence-electron chi connectivity index (χ0n) is 28.7. The fourth-order valence-electron chi connectivity index (χ4n) is 1.54. The molecule has 4 amide bonds. The number of rotatable bonds is 4. The third-order valence-electron chi connectivity index (χ3n) is 2.68. The third-order valence-corrected chi connectivity index (χ3v) is 2.68. The van der Waals surface area contributed by atoms with Crippen LogP contribution in [0.3, 0.4) is 0 Å². The molecular formula is C32H66I3N4O2-. The topological polar surface area (TPSA) is 82.3 Å². The van der Waals surface area contributed by atoms with Crippen molar-refractivity contribution in [1.82, 2.24) is 21.3 Å². The SMILES string of the molecule is CC.CC.CC.CC.CC.CCNC(=O)NCC.CCNC(=O)NCC.I[I-]I.c1ccccc1.c1ccccc1. The molecule has 41 heavy (non-hydrogen) atoms. The van der Waals surface area contributed by atoms with Crippen molar-refractivity contribution in [3.05, 3.63) is 72.8 Å². The van der Waals surface area contributed by atoms with Crippen LogP contribution in [-0.4, -0.2) is 38.2 Å². The van der Waals surface area contributed by atoms with Gasteiger partial charge >= 0.3 is 62.5 Å². The maximum Gasteiger partial charge on any atom is -0.0623 e. The fraction of sp³-hybridized carbons (Fsp3) is 0.562. The normalized spacial score (nSPS) is 6.83. The molecule has 9 heteroatoms. The number of halogens is 3. The first-order chi connectivity index (χ1) is 20.0. The molecular weight excluding hydrogens is 853 g/mol. The molecule has 0 radical (unpaired) electrons. The Balaban J connectivity index is -0.0000000521. The van der Waals surface area contributed by atoms with E-state index < -0.39 is 0 Å². The van der Waals surface area contributed by atoms with Crippen LogP contribution in [0, 0.1) is 0 Å². The van der Waals surface area contributed by atoms with Crippen molar-refractivity contribution in [3.63, 3.8) is 0 Å². The Hall–Kier alpha value is -0.830. The van der Waals surface area contributed by atoms with Crippen molar-refractivity contribution in [1.29, 1.82) is 0 Å². The molecule has 0 heterocycles. The van der Waals surface area contributed by atoms with Gasteiger partial charge in [-0.2, -0.15) is 0 Å². The van der Waals surface area contributed by atoms with E-state index in [9.17, 15) is 9.59 Å². The van der Waals surface area contributed by atoms with Gasteiger partial charge in [0, 0.05) is 26.2 Å². The van der Waals surface area contributed by atoms with E-state index in [1.165, 1.54) is 0 Å². The van der Waals surface area contributed by atoms with Gasteiger partial charge in [-0.15, -0.1) is 0 Å². The minimum absolute atomic E-state index is 0.0880. The van der Waals surface area contributed by atoms with Crippen molar-refractivity contribution in [2.24, 2.45) is 0 Å². The predicted molar refractivity (Wildman–Crippen MR) is 203 cm³/mol. The molecule has 2 rings (SSSR count). The van der Waals surface area contributed by atoms with Gasteiger partial charge in [0.2, 0.25) is 0 Å². The molecule has 0 aromatic heterocycles. The summed E-state index contributed by atoms with van der Waals surface area (Å²) in [5.74, 6) is 0. The van der Waals surface area contributed by atoms with Gasteiger partial charge in [0.1, 0.15) is 0 Å². The first-order valence-electron chi connectivity index (χ1n) is 14.9. The summed E-state index contributed by atoms with van der Waals surface area (Å²) in [6.07, 6.45) is 0. The Labute approximate surface area is 286 Å².